The van der Waals surface area contributed by atoms with E-state index in [0.717, 1.165) is 0 Å². The third-order valence-corrected chi connectivity index (χ3v) is 2.36. The van der Waals surface area contributed by atoms with Crippen LogP contribution in [0.25, 0.3) is 0 Å². The van der Waals surface area contributed by atoms with Gasteiger partial charge >= 0.3 is 5.97 Å². The standard InChI is InChI=1S/C12H15FN2O3/c1-7-4-3-5-9(11(7)13)14-6-10(12(17)18)15-8(2)16/h3-5,10,14H,6H2,1-2H3,(H,15,16)(H,17,18). The Labute approximate surface area is 104 Å². The first-order valence-corrected chi connectivity index (χ1v) is 5.40. The number of hydrogen-bond donors (Lipinski definition) is 3. The van der Waals surface area contributed by atoms with Gasteiger partial charge in [0.05, 0.1) is 5.69 Å². The Morgan fingerprint density at radius 1 is 1.44 bits per heavy atom. The van der Waals surface area contributed by atoms with Crippen LogP contribution in [-0.4, -0.2) is 29.6 Å². The average Bonchev–Trinajstić information content (AvgIpc) is 2.28. The molecule has 1 rings (SSSR count). The number of halogens is 1. The summed E-state index contributed by atoms with van der Waals surface area (Å²) in [5, 5.41) is 13.8. The van der Waals surface area contributed by atoms with Crippen LogP contribution in [-0.2, 0) is 9.59 Å². The third-order valence-electron chi connectivity index (χ3n) is 2.36. The second-order valence-electron chi connectivity index (χ2n) is 3.91. The van der Waals surface area contributed by atoms with E-state index in [2.05, 4.69) is 10.6 Å². The molecule has 1 atom stereocenters. The quantitative estimate of drug-likeness (QED) is 0.736. The molecule has 98 valence electrons. The fraction of sp³-hybridized carbons (Fsp3) is 0.333. The van der Waals surface area contributed by atoms with E-state index < -0.39 is 23.7 Å². The van der Waals surface area contributed by atoms with Crippen LogP contribution < -0.4 is 10.6 Å². The van der Waals surface area contributed by atoms with Gasteiger partial charge in [0.1, 0.15) is 11.9 Å². The van der Waals surface area contributed by atoms with Gasteiger partial charge in [-0.15, -0.1) is 0 Å². The van der Waals surface area contributed by atoms with E-state index in [9.17, 15) is 14.0 Å². The Hall–Kier alpha value is -2.11. The summed E-state index contributed by atoms with van der Waals surface area (Å²) < 4.78 is 13.6. The van der Waals surface area contributed by atoms with Crippen LogP contribution in [0.1, 0.15) is 12.5 Å². The van der Waals surface area contributed by atoms with E-state index >= 15 is 0 Å². The van der Waals surface area contributed by atoms with Crippen LogP contribution in [0.4, 0.5) is 10.1 Å². The molecule has 1 unspecified atom stereocenters. The molecule has 1 aromatic carbocycles. The summed E-state index contributed by atoms with van der Waals surface area (Å²) in [6.07, 6.45) is 0. The first-order chi connectivity index (χ1) is 8.41. The summed E-state index contributed by atoms with van der Waals surface area (Å²) in [6, 6.07) is 3.69. The van der Waals surface area contributed by atoms with Gasteiger partial charge in [-0.2, -0.15) is 0 Å². The smallest absolute Gasteiger partial charge is 0.328 e. The maximum absolute atomic E-state index is 13.6. The van der Waals surface area contributed by atoms with Gasteiger partial charge in [0.25, 0.3) is 0 Å². The van der Waals surface area contributed by atoms with Crippen molar-refractivity contribution in [1.82, 2.24) is 5.32 Å². The summed E-state index contributed by atoms with van der Waals surface area (Å²) in [4.78, 5) is 21.7. The lowest BCUT2D eigenvalue weighted by atomic mass is 10.2. The molecular formula is C12H15FN2O3. The molecule has 3 N–H and O–H groups in total. The van der Waals surface area contributed by atoms with Gasteiger partial charge < -0.3 is 15.7 Å². The van der Waals surface area contributed by atoms with Crippen LogP contribution in [0, 0.1) is 12.7 Å². The molecule has 0 fully saturated rings. The zero-order chi connectivity index (χ0) is 13.7. The van der Waals surface area contributed by atoms with Gasteiger partial charge in [0.2, 0.25) is 5.91 Å². The topological polar surface area (TPSA) is 78.4 Å². The van der Waals surface area contributed by atoms with E-state index in [1.165, 1.54) is 13.0 Å². The summed E-state index contributed by atoms with van der Waals surface area (Å²) in [7, 11) is 0. The van der Waals surface area contributed by atoms with Crippen LogP contribution in [0.5, 0.6) is 0 Å². The van der Waals surface area contributed by atoms with Crippen molar-refractivity contribution < 1.29 is 19.1 Å². The number of rotatable bonds is 5. The molecule has 18 heavy (non-hydrogen) atoms. The Morgan fingerprint density at radius 3 is 2.67 bits per heavy atom. The molecule has 0 spiro atoms. The third kappa shape index (κ3) is 3.73. The van der Waals surface area contributed by atoms with Gasteiger partial charge in [-0.25, -0.2) is 9.18 Å². The summed E-state index contributed by atoms with van der Waals surface area (Å²) in [5.74, 6) is -2.05. The molecule has 0 radical (unpaired) electrons. The summed E-state index contributed by atoms with van der Waals surface area (Å²) >= 11 is 0. The molecule has 0 saturated heterocycles. The first-order valence-electron chi connectivity index (χ1n) is 5.40. The predicted octanol–water partition coefficient (Wildman–Crippen LogP) is 1.14. The highest BCUT2D eigenvalue weighted by Gasteiger charge is 2.18. The molecule has 1 aromatic rings. The van der Waals surface area contributed by atoms with Crippen LogP contribution in [0.3, 0.4) is 0 Å². The lowest BCUT2D eigenvalue weighted by Gasteiger charge is -2.15. The number of carboxylic acid groups (broad SMARTS) is 1. The van der Waals surface area contributed by atoms with Gasteiger partial charge in [0.15, 0.2) is 0 Å². The zero-order valence-corrected chi connectivity index (χ0v) is 10.2. The van der Waals surface area contributed by atoms with Crippen molar-refractivity contribution in [1.29, 1.82) is 0 Å². The Balaban J connectivity index is 2.70. The molecule has 0 aliphatic rings. The number of carbonyl (C=O) groups is 2. The molecule has 0 aromatic heterocycles. The second-order valence-corrected chi connectivity index (χ2v) is 3.91. The number of aryl methyl sites for hydroxylation is 1. The van der Waals surface area contributed by atoms with Gasteiger partial charge in [-0.1, -0.05) is 12.1 Å². The van der Waals surface area contributed by atoms with Crippen molar-refractivity contribution in [2.75, 3.05) is 11.9 Å². The minimum Gasteiger partial charge on any atom is -0.480 e. The van der Waals surface area contributed by atoms with Crippen molar-refractivity contribution in [3.8, 4) is 0 Å². The molecule has 0 bridgehead atoms. The average molecular weight is 254 g/mol. The largest absolute Gasteiger partial charge is 0.480 e. The van der Waals surface area contributed by atoms with Gasteiger partial charge in [-0.05, 0) is 18.6 Å². The molecule has 0 aliphatic heterocycles. The van der Waals surface area contributed by atoms with Crippen molar-refractivity contribution in [2.24, 2.45) is 0 Å². The van der Waals surface area contributed by atoms with Crippen LogP contribution in [0.15, 0.2) is 18.2 Å². The Bertz CT molecular complexity index is 463. The molecule has 0 heterocycles. The number of benzene rings is 1. The highest BCUT2D eigenvalue weighted by Crippen LogP contribution is 2.16. The zero-order valence-electron chi connectivity index (χ0n) is 10.2. The van der Waals surface area contributed by atoms with Crippen molar-refractivity contribution in [2.45, 2.75) is 19.9 Å². The number of amides is 1. The van der Waals surface area contributed by atoms with Crippen molar-refractivity contribution >= 4 is 17.6 Å². The van der Waals surface area contributed by atoms with Crippen molar-refractivity contribution in [3.63, 3.8) is 0 Å². The van der Waals surface area contributed by atoms with E-state index in [1.54, 1.807) is 19.1 Å². The number of anilines is 1. The number of carbonyl (C=O) groups excluding carboxylic acids is 1. The summed E-state index contributed by atoms with van der Waals surface area (Å²) in [5.41, 5.74) is 0.679. The lowest BCUT2D eigenvalue weighted by molar-refractivity contribution is -0.141. The molecule has 0 saturated carbocycles. The Kier molecular flexibility index (Phi) is 4.65. The summed E-state index contributed by atoms with van der Waals surface area (Å²) in [6.45, 7) is 2.75. The molecule has 1 amide bonds. The molecule has 5 nitrogen and oxygen atoms in total. The number of nitrogens with one attached hydrogen (secondary N) is 2. The molecule has 6 heteroatoms. The first kappa shape index (κ1) is 14.0. The Morgan fingerprint density at radius 2 is 2.11 bits per heavy atom. The minimum absolute atomic E-state index is 0.0880. The highest BCUT2D eigenvalue weighted by atomic mass is 19.1. The van der Waals surface area contributed by atoms with E-state index in [4.69, 9.17) is 5.11 Å². The van der Waals surface area contributed by atoms with Gasteiger partial charge in [0, 0.05) is 13.5 Å². The fourth-order valence-electron chi connectivity index (χ4n) is 1.44. The molecular weight excluding hydrogens is 239 g/mol. The van der Waals surface area contributed by atoms with E-state index in [-0.39, 0.29) is 12.2 Å². The SMILES string of the molecule is CC(=O)NC(CNc1cccc(C)c1F)C(=O)O. The van der Waals surface area contributed by atoms with Gasteiger partial charge in [-0.3, -0.25) is 4.79 Å². The van der Waals surface area contributed by atoms with E-state index in [0.29, 0.717) is 5.56 Å². The fourth-order valence-corrected chi connectivity index (χ4v) is 1.44. The number of hydrogen-bond acceptors (Lipinski definition) is 3. The maximum atomic E-state index is 13.6. The normalized spacial score (nSPS) is 11.7. The van der Waals surface area contributed by atoms with Crippen molar-refractivity contribution in [3.05, 3.63) is 29.6 Å². The maximum Gasteiger partial charge on any atom is 0.328 e. The minimum atomic E-state index is -1.18. The number of carboxylic acids is 1. The van der Waals surface area contributed by atoms with E-state index in [1.807, 2.05) is 0 Å². The molecule has 0 aliphatic carbocycles. The monoisotopic (exact) mass is 254 g/mol. The lowest BCUT2D eigenvalue weighted by Crippen LogP contribution is -2.44. The number of aliphatic carboxylic acids is 1. The van der Waals surface area contributed by atoms with Crippen LogP contribution >= 0.6 is 0 Å². The highest BCUT2D eigenvalue weighted by molar-refractivity contribution is 5.82. The predicted molar refractivity (Wildman–Crippen MR) is 64.9 cm³/mol. The second kappa shape index (κ2) is 6.00. The van der Waals surface area contributed by atoms with Crippen LogP contribution in [0.2, 0.25) is 0 Å².